The van der Waals surface area contributed by atoms with Gasteiger partial charge in [-0.05, 0) is 55.3 Å². The third kappa shape index (κ3) is 2.87. The summed E-state index contributed by atoms with van der Waals surface area (Å²) in [5, 5.41) is 3.00. The van der Waals surface area contributed by atoms with Crippen molar-refractivity contribution in [1.29, 1.82) is 0 Å². The summed E-state index contributed by atoms with van der Waals surface area (Å²) in [7, 11) is 0. The molecule has 2 rings (SSSR count). The van der Waals surface area contributed by atoms with Gasteiger partial charge in [0.15, 0.2) is 0 Å². The fourth-order valence-corrected chi connectivity index (χ4v) is 2.65. The second-order valence-corrected chi connectivity index (χ2v) is 5.85. The summed E-state index contributed by atoms with van der Waals surface area (Å²) in [5.74, 6) is 0.00220. The van der Waals surface area contributed by atoms with Crippen LogP contribution < -0.4 is 11.1 Å². The van der Waals surface area contributed by atoms with Gasteiger partial charge in [0, 0.05) is 17.0 Å². The molecule has 3 N–H and O–H groups in total. The van der Waals surface area contributed by atoms with E-state index in [0.717, 1.165) is 18.4 Å². The van der Waals surface area contributed by atoms with E-state index in [0.29, 0.717) is 13.1 Å². The number of benzene rings is 1. The van der Waals surface area contributed by atoms with Gasteiger partial charge in [-0.3, -0.25) is 4.79 Å². The Morgan fingerprint density at radius 2 is 2.06 bits per heavy atom. The Balaban J connectivity index is 1.90. The molecular weight excluding hydrogens is 244 g/mol. The molecule has 1 aliphatic carbocycles. The number of amides is 1. The van der Waals surface area contributed by atoms with Gasteiger partial charge in [0.2, 0.25) is 0 Å². The van der Waals surface area contributed by atoms with Gasteiger partial charge in [-0.2, -0.15) is 0 Å². The van der Waals surface area contributed by atoms with Crippen LogP contribution in [0.4, 0.5) is 0 Å². The topological polar surface area (TPSA) is 55.1 Å². The quantitative estimate of drug-likeness (QED) is 0.802. The molecule has 0 radical (unpaired) electrons. The maximum Gasteiger partial charge on any atom is 0.251 e. The molecule has 0 aromatic heterocycles. The first-order valence-electron chi connectivity index (χ1n) is 6.31. The number of carbonyl (C=O) groups excluding carboxylic acids is 1. The average Bonchev–Trinajstić information content (AvgIpc) is 2.38. The highest BCUT2D eigenvalue weighted by molar-refractivity contribution is 7.98. The summed E-state index contributed by atoms with van der Waals surface area (Å²) in [6.45, 7) is 1.37. The van der Waals surface area contributed by atoms with Crippen LogP contribution in [0.3, 0.4) is 0 Å². The molecule has 98 valence electrons. The fraction of sp³-hybridized carbons (Fsp3) is 0.500. The minimum absolute atomic E-state index is 0.00220. The summed E-state index contributed by atoms with van der Waals surface area (Å²) in [4.78, 5) is 13.2. The second-order valence-electron chi connectivity index (χ2n) is 4.97. The summed E-state index contributed by atoms with van der Waals surface area (Å²) in [6.07, 6.45) is 5.52. The Morgan fingerprint density at radius 1 is 1.39 bits per heavy atom. The molecule has 1 aromatic carbocycles. The van der Waals surface area contributed by atoms with Crippen molar-refractivity contribution in [3.63, 3.8) is 0 Å². The maximum absolute atomic E-state index is 12.0. The summed E-state index contributed by atoms with van der Waals surface area (Å²) < 4.78 is 0. The van der Waals surface area contributed by atoms with E-state index in [-0.39, 0.29) is 11.3 Å². The SMILES string of the molecule is CSc1ccc(C(=O)NCC2(CN)CCC2)cc1. The van der Waals surface area contributed by atoms with E-state index < -0.39 is 0 Å². The monoisotopic (exact) mass is 264 g/mol. The van der Waals surface area contributed by atoms with Crippen LogP contribution in [0.25, 0.3) is 0 Å². The van der Waals surface area contributed by atoms with Crippen molar-refractivity contribution in [2.75, 3.05) is 19.3 Å². The number of thioether (sulfide) groups is 1. The van der Waals surface area contributed by atoms with Crippen LogP contribution in [-0.4, -0.2) is 25.3 Å². The molecule has 4 heteroatoms. The van der Waals surface area contributed by atoms with Crippen LogP contribution >= 0.6 is 11.8 Å². The van der Waals surface area contributed by atoms with Crippen LogP contribution in [0.2, 0.25) is 0 Å². The molecule has 1 amide bonds. The molecule has 1 saturated carbocycles. The standard InChI is InChI=1S/C14H20N2OS/c1-18-12-5-3-11(4-6-12)13(17)16-10-14(9-15)7-2-8-14/h3-6H,2,7-10,15H2,1H3,(H,16,17). The van der Waals surface area contributed by atoms with Crippen LogP contribution in [0, 0.1) is 5.41 Å². The molecule has 1 aromatic rings. The van der Waals surface area contributed by atoms with Gasteiger partial charge in [0.25, 0.3) is 5.91 Å². The van der Waals surface area contributed by atoms with Crippen LogP contribution in [0.5, 0.6) is 0 Å². The Morgan fingerprint density at radius 3 is 2.50 bits per heavy atom. The number of carbonyl (C=O) groups is 1. The highest BCUT2D eigenvalue weighted by atomic mass is 32.2. The maximum atomic E-state index is 12.0. The zero-order chi connectivity index (χ0) is 13.0. The van der Waals surface area contributed by atoms with E-state index in [1.165, 1.54) is 11.3 Å². The predicted molar refractivity (Wildman–Crippen MR) is 75.9 cm³/mol. The van der Waals surface area contributed by atoms with Gasteiger partial charge in [-0.15, -0.1) is 11.8 Å². The number of nitrogens with two attached hydrogens (primary N) is 1. The lowest BCUT2D eigenvalue weighted by molar-refractivity contribution is 0.0876. The molecule has 0 atom stereocenters. The van der Waals surface area contributed by atoms with E-state index >= 15 is 0 Å². The van der Waals surface area contributed by atoms with Crippen molar-refractivity contribution < 1.29 is 4.79 Å². The summed E-state index contributed by atoms with van der Waals surface area (Å²) >= 11 is 1.67. The largest absolute Gasteiger partial charge is 0.351 e. The third-order valence-electron chi connectivity index (χ3n) is 3.82. The average molecular weight is 264 g/mol. The first kappa shape index (κ1) is 13.4. The Hall–Kier alpha value is -1.00. The highest BCUT2D eigenvalue weighted by Crippen LogP contribution is 2.39. The zero-order valence-electron chi connectivity index (χ0n) is 10.7. The van der Waals surface area contributed by atoms with Crippen molar-refractivity contribution in [2.45, 2.75) is 24.2 Å². The molecular formula is C14H20N2OS. The van der Waals surface area contributed by atoms with Gasteiger partial charge < -0.3 is 11.1 Å². The van der Waals surface area contributed by atoms with Gasteiger partial charge in [0.1, 0.15) is 0 Å². The van der Waals surface area contributed by atoms with Crippen molar-refractivity contribution in [3.8, 4) is 0 Å². The lowest BCUT2D eigenvalue weighted by Crippen LogP contribution is -2.46. The molecule has 1 fully saturated rings. The smallest absolute Gasteiger partial charge is 0.251 e. The first-order valence-corrected chi connectivity index (χ1v) is 7.54. The van der Waals surface area contributed by atoms with Crippen molar-refractivity contribution in [3.05, 3.63) is 29.8 Å². The lowest BCUT2D eigenvalue weighted by Gasteiger charge is -2.41. The molecule has 18 heavy (non-hydrogen) atoms. The van der Waals surface area contributed by atoms with Crippen LogP contribution in [0.1, 0.15) is 29.6 Å². The Bertz CT molecular complexity index is 407. The van der Waals surface area contributed by atoms with Gasteiger partial charge >= 0.3 is 0 Å². The summed E-state index contributed by atoms with van der Waals surface area (Å²) in [6, 6.07) is 7.69. The number of rotatable bonds is 5. The van der Waals surface area contributed by atoms with E-state index in [4.69, 9.17) is 5.73 Å². The van der Waals surface area contributed by atoms with E-state index in [9.17, 15) is 4.79 Å². The zero-order valence-corrected chi connectivity index (χ0v) is 11.6. The van der Waals surface area contributed by atoms with E-state index in [1.807, 2.05) is 30.5 Å². The number of hydrogen-bond acceptors (Lipinski definition) is 3. The fourth-order valence-electron chi connectivity index (χ4n) is 2.24. The molecule has 3 nitrogen and oxygen atoms in total. The molecule has 0 spiro atoms. The molecule has 0 heterocycles. The highest BCUT2D eigenvalue weighted by Gasteiger charge is 2.35. The Kier molecular flexibility index (Phi) is 4.30. The summed E-state index contributed by atoms with van der Waals surface area (Å²) in [5.41, 5.74) is 6.66. The van der Waals surface area contributed by atoms with Gasteiger partial charge in [0.05, 0.1) is 0 Å². The predicted octanol–water partition coefficient (Wildman–Crippen LogP) is 2.27. The van der Waals surface area contributed by atoms with Gasteiger partial charge in [-0.25, -0.2) is 0 Å². The van der Waals surface area contributed by atoms with E-state index in [2.05, 4.69) is 5.32 Å². The minimum atomic E-state index is 0.00220. The Labute approximate surface area is 113 Å². The molecule has 0 aliphatic heterocycles. The van der Waals surface area contributed by atoms with E-state index in [1.54, 1.807) is 11.8 Å². The molecule has 0 bridgehead atoms. The van der Waals surface area contributed by atoms with Crippen LogP contribution in [0.15, 0.2) is 29.2 Å². The molecule has 1 aliphatic rings. The normalized spacial score (nSPS) is 17.0. The van der Waals surface area contributed by atoms with Crippen LogP contribution in [-0.2, 0) is 0 Å². The molecule has 0 unspecified atom stereocenters. The van der Waals surface area contributed by atoms with Gasteiger partial charge in [-0.1, -0.05) is 6.42 Å². The van der Waals surface area contributed by atoms with Crippen molar-refractivity contribution in [1.82, 2.24) is 5.32 Å². The lowest BCUT2D eigenvalue weighted by atomic mass is 9.69. The number of nitrogens with one attached hydrogen (secondary N) is 1. The first-order chi connectivity index (χ1) is 8.69. The second kappa shape index (κ2) is 5.76. The molecule has 0 saturated heterocycles. The van der Waals surface area contributed by atoms with Crippen molar-refractivity contribution in [2.24, 2.45) is 11.1 Å². The minimum Gasteiger partial charge on any atom is -0.351 e. The number of hydrogen-bond donors (Lipinski definition) is 2. The van der Waals surface area contributed by atoms with Crippen molar-refractivity contribution >= 4 is 17.7 Å². The third-order valence-corrected chi connectivity index (χ3v) is 4.57.